The average Bonchev–Trinajstić information content (AvgIpc) is 3.21. The van der Waals surface area contributed by atoms with E-state index in [1.54, 1.807) is 4.68 Å². The molecule has 1 aliphatic carbocycles. The number of carbonyl (C=O) groups is 1. The molecule has 0 aliphatic heterocycles. The minimum Gasteiger partial charge on any atom is -0.301 e. The highest BCUT2D eigenvalue weighted by Crippen LogP contribution is 2.36. The second-order valence-corrected chi connectivity index (χ2v) is 9.64. The van der Waals surface area contributed by atoms with E-state index in [1.807, 2.05) is 5.38 Å². The van der Waals surface area contributed by atoms with Crippen molar-refractivity contribution in [3.05, 3.63) is 35.2 Å². The van der Waals surface area contributed by atoms with Gasteiger partial charge >= 0.3 is 0 Å². The summed E-state index contributed by atoms with van der Waals surface area (Å²) in [6, 6.07) is 8.82. The van der Waals surface area contributed by atoms with Crippen LogP contribution in [0.5, 0.6) is 0 Å². The Morgan fingerprint density at radius 3 is 2.71 bits per heavy atom. The van der Waals surface area contributed by atoms with Crippen molar-refractivity contribution >= 4 is 34.1 Å². The number of thiazole rings is 1. The normalized spacial score (nSPS) is 14.2. The molecule has 9 heteroatoms. The SMILES string of the molecule is CC(C)(C)c1ccc(-c2csc(NC(=O)CSc3nnnn3C3CC3)n2)cc1. The van der Waals surface area contributed by atoms with Crippen LogP contribution in [0, 0.1) is 0 Å². The number of benzene rings is 1. The number of tetrazole rings is 1. The van der Waals surface area contributed by atoms with Gasteiger partial charge in [-0.1, -0.05) is 56.8 Å². The predicted molar refractivity (Wildman–Crippen MR) is 112 cm³/mol. The molecule has 1 amide bonds. The lowest BCUT2D eigenvalue weighted by atomic mass is 9.86. The van der Waals surface area contributed by atoms with Crippen LogP contribution in [0.4, 0.5) is 5.13 Å². The highest BCUT2D eigenvalue weighted by molar-refractivity contribution is 7.99. The zero-order valence-corrected chi connectivity index (χ0v) is 17.7. The van der Waals surface area contributed by atoms with Crippen molar-refractivity contribution in [1.29, 1.82) is 0 Å². The molecular formula is C19H22N6OS2. The van der Waals surface area contributed by atoms with Crippen LogP contribution < -0.4 is 5.32 Å². The molecule has 28 heavy (non-hydrogen) atoms. The third-order valence-electron chi connectivity index (χ3n) is 4.48. The van der Waals surface area contributed by atoms with Gasteiger partial charge in [-0.3, -0.25) is 4.79 Å². The molecular weight excluding hydrogens is 392 g/mol. The number of thioether (sulfide) groups is 1. The maximum atomic E-state index is 12.3. The number of nitrogens with one attached hydrogen (secondary N) is 1. The predicted octanol–water partition coefficient (Wildman–Crippen LogP) is 4.16. The topological polar surface area (TPSA) is 85.6 Å². The van der Waals surface area contributed by atoms with E-state index < -0.39 is 0 Å². The molecule has 1 N–H and O–H groups in total. The molecule has 1 fully saturated rings. The summed E-state index contributed by atoms with van der Waals surface area (Å²) in [7, 11) is 0. The van der Waals surface area contributed by atoms with Crippen LogP contribution in [0.25, 0.3) is 11.3 Å². The number of hydrogen-bond donors (Lipinski definition) is 1. The monoisotopic (exact) mass is 414 g/mol. The van der Waals surface area contributed by atoms with E-state index in [0.29, 0.717) is 16.3 Å². The van der Waals surface area contributed by atoms with Gasteiger partial charge in [0, 0.05) is 10.9 Å². The minimum absolute atomic E-state index is 0.112. The summed E-state index contributed by atoms with van der Waals surface area (Å²) in [5.74, 6) is 0.141. The lowest BCUT2D eigenvalue weighted by Gasteiger charge is -2.18. The lowest BCUT2D eigenvalue weighted by molar-refractivity contribution is -0.113. The number of nitrogens with zero attached hydrogens (tertiary/aromatic N) is 5. The Morgan fingerprint density at radius 1 is 1.29 bits per heavy atom. The first-order chi connectivity index (χ1) is 13.4. The van der Waals surface area contributed by atoms with E-state index in [4.69, 9.17) is 0 Å². The first kappa shape index (κ1) is 19.1. The molecule has 2 aromatic heterocycles. The molecule has 4 rings (SSSR count). The highest BCUT2D eigenvalue weighted by atomic mass is 32.2. The molecule has 0 saturated heterocycles. The number of rotatable bonds is 6. The van der Waals surface area contributed by atoms with Crippen LogP contribution in [0.2, 0.25) is 0 Å². The Bertz CT molecular complexity index is 969. The molecule has 0 unspecified atom stereocenters. The summed E-state index contributed by atoms with van der Waals surface area (Å²) in [5, 5.41) is 17.8. The largest absolute Gasteiger partial charge is 0.301 e. The van der Waals surface area contributed by atoms with Gasteiger partial charge in [-0.25, -0.2) is 9.67 Å². The van der Waals surface area contributed by atoms with Crippen molar-refractivity contribution in [1.82, 2.24) is 25.2 Å². The molecule has 1 aliphatic rings. The van der Waals surface area contributed by atoms with E-state index in [1.165, 1.54) is 28.7 Å². The second kappa shape index (κ2) is 7.63. The Hall–Kier alpha value is -2.26. The van der Waals surface area contributed by atoms with Gasteiger partial charge in [-0.2, -0.15) is 0 Å². The number of anilines is 1. The molecule has 0 atom stereocenters. The van der Waals surface area contributed by atoms with Crippen molar-refractivity contribution in [2.24, 2.45) is 0 Å². The maximum Gasteiger partial charge on any atom is 0.236 e. The molecule has 1 aromatic carbocycles. The van der Waals surface area contributed by atoms with E-state index in [9.17, 15) is 4.79 Å². The van der Waals surface area contributed by atoms with Crippen molar-refractivity contribution < 1.29 is 4.79 Å². The Morgan fingerprint density at radius 2 is 2.04 bits per heavy atom. The second-order valence-electron chi connectivity index (χ2n) is 7.84. The molecule has 3 aromatic rings. The van der Waals surface area contributed by atoms with Crippen LogP contribution in [0.15, 0.2) is 34.8 Å². The van der Waals surface area contributed by atoms with Crippen LogP contribution in [-0.4, -0.2) is 36.9 Å². The molecule has 7 nitrogen and oxygen atoms in total. The van der Waals surface area contributed by atoms with Crippen LogP contribution >= 0.6 is 23.1 Å². The van der Waals surface area contributed by atoms with Gasteiger partial charge in [0.25, 0.3) is 0 Å². The third kappa shape index (κ3) is 4.41. The quantitative estimate of drug-likeness (QED) is 0.610. The Labute approximate surface area is 172 Å². The number of amides is 1. The zero-order chi connectivity index (χ0) is 19.7. The van der Waals surface area contributed by atoms with Gasteiger partial charge in [0.15, 0.2) is 5.13 Å². The first-order valence-electron chi connectivity index (χ1n) is 9.17. The van der Waals surface area contributed by atoms with Gasteiger partial charge in [0.05, 0.1) is 17.5 Å². The summed E-state index contributed by atoms with van der Waals surface area (Å²) < 4.78 is 1.81. The summed E-state index contributed by atoms with van der Waals surface area (Å²) in [5.41, 5.74) is 3.32. The van der Waals surface area contributed by atoms with Crippen molar-refractivity contribution in [2.45, 2.75) is 50.2 Å². The average molecular weight is 415 g/mol. The molecule has 0 bridgehead atoms. The van der Waals surface area contributed by atoms with Gasteiger partial charge < -0.3 is 5.32 Å². The number of aromatic nitrogens is 5. The van der Waals surface area contributed by atoms with Crippen LogP contribution in [0.3, 0.4) is 0 Å². The third-order valence-corrected chi connectivity index (χ3v) is 6.18. The van der Waals surface area contributed by atoms with E-state index in [-0.39, 0.29) is 17.1 Å². The maximum absolute atomic E-state index is 12.3. The Kier molecular flexibility index (Phi) is 5.20. The standard InChI is InChI=1S/C19H22N6OS2/c1-19(2,3)13-6-4-12(5-7-13)15-10-27-17(20-15)21-16(26)11-28-18-22-23-24-25(18)14-8-9-14/h4-7,10,14H,8-9,11H2,1-3H3,(H,20,21,26). The smallest absolute Gasteiger partial charge is 0.236 e. The van der Waals surface area contributed by atoms with Gasteiger partial charge in [-0.15, -0.1) is 16.4 Å². The van der Waals surface area contributed by atoms with Crippen molar-refractivity contribution in [3.63, 3.8) is 0 Å². The summed E-state index contributed by atoms with van der Waals surface area (Å²) in [6.45, 7) is 6.58. The van der Waals surface area contributed by atoms with Crippen molar-refractivity contribution in [3.8, 4) is 11.3 Å². The molecule has 146 valence electrons. The van der Waals surface area contributed by atoms with Gasteiger partial charge in [0.2, 0.25) is 11.1 Å². The molecule has 2 heterocycles. The van der Waals surface area contributed by atoms with E-state index in [0.717, 1.165) is 24.1 Å². The minimum atomic E-state index is -0.112. The van der Waals surface area contributed by atoms with Gasteiger partial charge in [0.1, 0.15) is 0 Å². The lowest BCUT2D eigenvalue weighted by Crippen LogP contribution is -2.14. The van der Waals surface area contributed by atoms with E-state index in [2.05, 4.69) is 70.9 Å². The fourth-order valence-corrected chi connectivity index (χ4v) is 4.20. The first-order valence-corrected chi connectivity index (χ1v) is 11.0. The Balaban J connectivity index is 1.35. The van der Waals surface area contributed by atoms with Crippen LogP contribution in [-0.2, 0) is 10.2 Å². The zero-order valence-electron chi connectivity index (χ0n) is 16.0. The molecule has 1 saturated carbocycles. The number of carbonyl (C=O) groups excluding carboxylic acids is 1. The summed E-state index contributed by atoms with van der Waals surface area (Å²) >= 11 is 2.77. The summed E-state index contributed by atoms with van der Waals surface area (Å²) in [4.78, 5) is 16.8. The van der Waals surface area contributed by atoms with Crippen LogP contribution in [0.1, 0.15) is 45.2 Å². The highest BCUT2D eigenvalue weighted by Gasteiger charge is 2.28. The summed E-state index contributed by atoms with van der Waals surface area (Å²) in [6.07, 6.45) is 2.20. The van der Waals surface area contributed by atoms with Gasteiger partial charge in [-0.05, 0) is 34.2 Å². The van der Waals surface area contributed by atoms with Crippen molar-refractivity contribution in [2.75, 3.05) is 11.1 Å². The fourth-order valence-electron chi connectivity index (χ4n) is 2.72. The molecule has 0 spiro atoms. The number of hydrogen-bond acceptors (Lipinski definition) is 7. The van der Waals surface area contributed by atoms with E-state index >= 15 is 0 Å². The fraction of sp³-hybridized carbons (Fsp3) is 0.421. The molecule has 0 radical (unpaired) electrons.